The molecule has 0 amide bonds. The van der Waals surface area contributed by atoms with E-state index in [1.807, 2.05) is 0 Å². The predicted octanol–water partition coefficient (Wildman–Crippen LogP) is 2.41. The molecule has 0 heterocycles. The molecule has 0 aromatic heterocycles. The van der Waals surface area contributed by atoms with Crippen molar-refractivity contribution in [3.05, 3.63) is 0 Å². The Hall–Kier alpha value is -0.120. The minimum Gasteiger partial charge on any atom is -0.329 e. The van der Waals surface area contributed by atoms with Gasteiger partial charge in [-0.2, -0.15) is 0 Å². The minimum absolute atomic E-state index is 0.275. The summed E-state index contributed by atoms with van der Waals surface area (Å²) in [5, 5.41) is 0. The van der Waals surface area contributed by atoms with Gasteiger partial charge < -0.3 is 10.6 Å². The van der Waals surface area contributed by atoms with Crippen LogP contribution in [0.15, 0.2) is 0 Å². The van der Waals surface area contributed by atoms with Gasteiger partial charge in [0.1, 0.15) is 0 Å². The van der Waals surface area contributed by atoms with Gasteiger partial charge in [0.2, 0.25) is 0 Å². The fraction of sp³-hybridized carbons (Fsp3) is 1.00. The van der Waals surface area contributed by atoms with Crippen LogP contribution >= 0.6 is 0 Å². The molecule has 2 N–H and O–H groups in total. The van der Waals surface area contributed by atoms with Crippen LogP contribution in [-0.4, -0.2) is 56.1 Å². The largest absolute Gasteiger partial charge is 0.329 e. The standard InChI is InChI=1S/C16H35N3/c1-14(2)15-7-9-16(13-17,10-8-15)19(5)12-6-11-18(3)4/h14-15H,6-13,17H2,1-5H3. The highest BCUT2D eigenvalue weighted by atomic mass is 15.2. The van der Waals surface area contributed by atoms with Crippen molar-refractivity contribution in [2.75, 3.05) is 40.8 Å². The molecule has 0 spiro atoms. The van der Waals surface area contributed by atoms with Crippen molar-refractivity contribution in [3.63, 3.8) is 0 Å². The number of nitrogens with zero attached hydrogens (tertiary/aromatic N) is 2. The van der Waals surface area contributed by atoms with Gasteiger partial charge in [-0.05, 0) is 78.2 Å². The maximum atomic E-state index is 6.14. The highest BCUT2D eigenvalue weighted by Gasteiger charge is 2.37. The maximum absolute atomic E-state index is 6.14. The first-order chi connectivity index (χ1) is 8.91. The lowest BCUT2D eigenvalue weighted by Gasteiger charge is -2.47. The summed E-state index contributed by atoms with van der Waals surface area (Å²) in [5.74, 6) is 1.74. The zero-order valence-corrected chi connectivity index (χ0v) is 13.8. The molecule has 1 aliphatic rings. The van der Waals surface area contributed by atoms with Crippen LogP contribution in [0.25, 0.3) is 0 Å². The van der Waals surface area contributed by atoms with E-state index < -0.39 is 0 Å². The van der Waals surface area contributed by atoms with Gasteiger partial charge in [0.25, 0.3) is 0 Å². The summed E-state index contributed by atoms with van der Waals surface area (Å²) in [6.07, 6.45) is 6.51. The van der Waals surface area contributed by atoms with E-state index in [0.717, 1.165) is 18.4 Å². The van der Waals surface area contributed by atoms with Crippen LogP contribution in [0.1, 0.15) is 46.0 Å². The zero-order chi connectivity index (χ0) is 14.5. The predicted molar refractivity (Wildman–Crippen MR) is 84.4 cm³/mol. The second-order valence-electron chi connectivity index (χ2n) is 7.09. The molecule has 0 radical (unpaired) electrons. The van der Waals surface area contributed by atoms with Crippen molar-refractivity contribution < 1.29 is 0 Å². The fourth-order valence-electron chi connectivity index (χ4n) is 3.45. The first kappa shape index (κ1) is 16.9. The molecule has 1 saturated carbocycles. The summed E-state index contributed by atoms with van der Waals surface area (Å²) in [7, 11) is 6.57. The van der Waals surface area contributed by atoms with Gasteiger partial charge in [-0.15, -0.1) is 0 Å². The van der Waals surface area contributed by atoms with Crippen molar-refractivity contribution in [3.8, 4) is 0 Å². The van der Waals surface area contributed by atoms with Gasteiger partial charge in [-0.25, -0.2) is 0 Å². The van der Waals surface area contributed by atoms with E-state index in [0.29, 0.717) is 0 Å². The minimum atomic E-state index is 0.275. The third-order valence-corrected chi connectivity index (χ3v) is 5.19. The van der Waals surface area contributed by atoms with Crippen molar-refractivity contribution in [1.29, 1.82) is 0 Å². The molecule has 1 fully saturated rings. The molecule has 1 aliphatic carbocycles. The monoisotopic (exact) mass is 269 g/mol. The molecule has 0 bridgehead atoms. The van der Waals surface area contributed by atoms with E-state index in [1.165, 1.54) is 45.2 Å². The molecule has 0 aliphatic heterocycles. The van der Waals surface area contributed by atoms with Crippen molar-refractivity contribution >= 4 is 0 Å². The lowest BCUT2D eigenvalue weighted by Crippen LogP contribution is -2.54. The van der Waals surface area contributed by atoms with E-state index in [1.54, 1.807) is 0 Å². The number of rotatable bonds is 7. The van der Waals surface area contributed by atoms with Gasteiger partial charge in [-0.1, -0.05) is 13.8 Å². The molecule has 114 valence electrons. The lowest BCUT2D eigenvalue weighted by atomic mass is 9.72. The van der Waals surface area contributed by atoms with Crippen LogP contribution in [0.2, 0.25) is 0 Å². The molecule has 3 nitrogen and oxygen atoms in total. The van der Waals surface area contributed by atoms with Gasteiger partial charge in [0.15, 0.2) is 0 Å². The number of likely N-dealkylation sites (N-methyl/N-ethyl adjacent to an activating group) is 1. The molecule has 0 saturated heterocycles. The second kappa shape index (κ2) is 7.61. The normalized spacial score (nSPS) is 28.6. The van der Waals surface area contributed by atoms with Crippen LogP contribution in [0, 0.1) is 11.8 Å². The van der Waals surface area contributed by atoms with Gasteiger partial charge in [-0.3, -0.25) is 4.90 Å². The molecule has 0 atom stereocenters. The average Bonchev–Trinajstić information content (AvgIpc) is 2.38. The highest BCUT2D eigenvalue weighted by Crippen LogP contribution is 2.38. The zero-order valence-electron chi connectivity index (χ0n) is 13.8. The van der Waals surface area contributed by atoms with Crippen molar-refractivity contribution in [2.24, 2.45) is 17.6 Å². The van der Waals surface area contributed by atoms with Gasteiger partial charge >= 0.3 is 0 Å². The quantitative estimate of drug-likeness (QED) is 0.770. The average molecular weight is 269 g/mol. The molecule has 0 aromatic rings. The second-order valence-corrected chi connectivity index (χ2v) is 7.09. The molecular formula is C16H35N3. The van der Waals surface area contributed by atoms with Crippen LogP contribution in [0.3, 0.4) is 0 Å². The van der Waals surface area contributed by atoms with E-state index in [-0.39, 0.29) is 5.54 Å². The summed E-state index contributed by atoms with van der Waals surface area (Å²) in [4.78, 5) is 4.81. The van der Waals surface area contributed by atoms with E-state index >= 15 is 0 Å². The Morgan fingerprint density at radius 1 is 1.11 bits per heavy atom. The highest BCUT2D eigenvalue weighted by molar-refractivity contribution is 4.95. The lowest BCUT2D eigenvalue weighted by molar-refractivity contribution is 0.0533. The third kappa shape index (κ3) is 4.73. The Morgan fingerprint density at radius 3 is 2.11 bits per heavy atom. The Bertz CT molecular complexity index is 242. The summed E-state index contributed by atoms with van der Waals surface area (Å²) in [5.41, 5.74) is 6.42. The molecule has 3 heteroatoms. The summed E-state index contributed by atoms with van der Waals surface area (Å²) < 4.78 is 0. The number of hydrogen-bond donors (Lipinski definition) is 1. The smallest absolute Gasteiger partial charge is 0.0328 e. The summed E-state index contributed by atoms with van der Waals surface area (Å²) in [6, 6.07) is 0. The van der Waals surface area contributed by atoms with E-state index in [4.69, 9.17) is 5.73 Å². The van der Waals surface area contributed by atoms with Crippen molar-refractivity contribution in [1.82, 2.24) is 9.80 Å². The molecule has 1 rings (SSSR count). The van der Waals surface area contributed by atoms with E-state index in [2.05, 4.69) is 44.8 Å². The van der Waals surface area contributed by atoms with Gasteiger partial charge in [0, 0.05) is 12.1 Å². The topological polar surface area (TPSA) is 32.5 Å². The Kier molecular flexibility index (Phi) is 6.78. The van der Waals surface area contributed by atoms with Crippen LogP contribution in [0.4, 0.5) is 0 Å². The molecular weight excluding hydrogens is 234 g/mol. The Morgan fingerprint density at radius 2 is 1.68 bits per heavy atom. The first-order valence-corrected chi connectivity index (χ1v) is 7.97. The molecule has 0 unspecified atom stereocenters. The molecule has 19 heavy (non-hydrogen) atoms. The maximum Gasteiger partial charge on any atom is 0.0328 e. The van der Waals surface area contributed by atoms with Crippen LogP contribution in [-0.2, 0) is 0 Å². The number of nitrogens with two attached hydrogens (primary N) is 1. The third-order valence-electron chi connectivity index (χ3n) is 5.19. The SMILES string of the molecule is CC(C)C1CCC(CN)(N(C)CCCN(C)C)CC1. The Labute approximate surface area is 120 Å². The first-order valence-electron chi connectivity index (χ1n) is 7.97. The number of hydrogen-bond acceptors (Lipinski definition) is 3. The van der Waals surface area contributed by atoms with Gasteiger partial charge in [0.05, 0.1) is 0 Å². The van der Waals surface area contributed by atoms with Crippen molar-refractivity contribution in [2.45, 2.75) is 51.5 Å². The summed E-state index contributed by atoms with van der Waals surface area (Å²) in [6.45, 7) is 7.87. The Balaban J connectivity index is 2.47. The summed E-state index contributed by atoms with van der Waals surface area (Å²) >= 11 is 0. The van der Waals surface area contributed by atoms with E-state index in [9.17, 15) is 0 Å². The van der Waals surface area contributed by atoms with Crippen LogP contribution in [0.5, 0.6) is 0 Å². The van der Waals surface area contributed by atoms with Crippen LogP contribution < -0.4 is 5.73 Å². The fourth-order valence-corrected chi connectivity index (χ4v) is 3.45. The molecule has 0 aromatic carbocycles.